The molecular weight excluding hydrogens is 240 g/mol. The van der Waals surface area contributed by atoms with Gasteiger partial charge in [0.15, 0.2) is 5.82 Å². The third kappa shape index (κ3) is 2.82. The number of aromatic nitrogens is 2. The summed E-state index contributed by atoms with van der Waals surface area (Å²) in [5.74, 6) is 2.36. The van der Waals surface area contributed by atoms with E-state index >= 15 is 0 Å². The van der Waals surface area contributed by atoms with Crippen molar-refractivity contribution in [1.82, 2.24) is 20.4 Å². The van der Waals surface area contributed by atoms with E-state index in [0.717, 1.165) is 37.3 Å². The number of nitrogens with one attached hydrogen (secondary N) is 1. The molecule has 1 aromatic heterocycles. The van der Waals surface area contributed by atoms with E-state index in [-0.39, 0.29) is 5.41 Å². The monoisotopic (exact) mass is 264 g/mol. The molecule has 0 spiro atoms. The summed E-state index contributed by atoms with van der Waals surface area (Å²) in [5, 5.41) is 7.71. The van der Waals surface area contributed by atoms with Crippen LogP contribution in [0.15, 0.2) is 4.52 Å². The van der Waals surface area contributed by atoms with Crippen LogP contribution in [0.25, 0.3) is 0 Å². The lowest BCUT2D eigenvalue weighted by atomic mass is 9.94. The van der Waals surface area contributed by atoms with E-state index in [4.69, 9.17) is 4.52 Å². The number of hydrogen-bond donors (Lipinski definition) is 1. The second-order valence-electron chi connectivity index (χ2n) is 6.92. The number of piperidine rings is 1. The first-order valence-electron chi connectivity index (χ1n) is 7.31. The first-order chi connectivity index (χ1) is 9.02. The van der Waals surface area contributed by atoms with Gasteiger partial charge in [0.05, 0.1) is 6.54 Å². The van der Waals surface area contributed by atoms with Gasteiger partial charge < -0.3 is 9.84 Å². The topological polar surface area (TPSA) is 54.2 Å². The molecule has 106 valence electrons. The molecular formula is C14H24N4O. The normalized spacial score (nSPS) is 28.6. The predicted octanol–water partition coefficient (Wildman–Crippen LogP) is 1.55. The van der Waals surface area contributed by atoms with Gasteiger partial charge in [-0.15, -0.1) is 0 Å². The largest absolute Gasteiger partial charge is 0.338 e. The molecule has 2 aliphatic rings. The molecule has 0 saturated carbocycles. The van der Waals surface area contributed by atoms with Crippen LogP contribution >= 0.6 is 0 Å². The Balaban J connectivity index is 1.61. The van der Waals surface area contributed by atoms with Crippen LogP contribution in [0.2, 0.25) is 0 Å². The van der Waals surface area contributed by atoms with E-state index < -0.39 is 0 Å². The second-order valence-corrected chi connectivity index (χ2v) is 6.92. The van der Waals surface area contributed by atoms with Crippen LogP contribution in [0, 0.1) is 5.92 Å². The average Bonchev–Trinajstić information content (AvgIpc) is 2.94. The molecule has 0 unspecified atom stereocenters. The first kappa shape index (κ1) is 13.1. The van der Waals surface area contributed by atoms with Gasteiger partial charge in [0.2, 0.25) is 5.89 Å². The Morgan fingerprint density at radius 1 is 1.37 bits per heavy atom. The third-order valence-electron chi connectivity index (χ3n) is 4.17. The second kappa shape index (κ2) is 4.87. The minimum absolute atomic E-state index is 0.0394. The van der Waals surface area contributed by atoms with Crippen molar-refractivity contribution in [3.8, 4) is 0 Å². The molecule has 2 fully saturated rings. The quantitative estimate of drug-likeness (QED) is 0.878. The van der Waals surface area contributed by atoms with Crippen LogP contribution in [-0.4, -0.2) is 40.7 Å². The molecule has 5 nitrogen and oxygen atoms in total. The van der Waals surface area contributed by atoms with Gasteiger partial charge in [-0.05, 0) is 25.3 Å². The number of nitrogens with zero attached hydrogens (tertiary/aromatic N) is 3. The van der Waals surface area contributed by atoms with Crippen molar-refractivity contribution >= 4 is 0 Å². The molecule has 0 aliphatic carbocycles. The Morgan fingerprint density at radius 3 is 2.89 bits per heavy atom. The van der Waals surface area contributed by atoms with Gasteiger partial charge in [0.1, 0.15) is 0 Å². The molecule has 2 saturated heterocycles. The van der Waals surface area contributed by atoms with Crippen LogP contribution in [0.4, 0.5) is 0 Å². The number of fused-ring (bicyclic) bond motifs is 1. The molecule has 1 aromatic rings. The molecule has 1 N–H and O–H groups in total. The molecule has 0 bridgehead atoms. The third-order valence-corrected chi connectivity index (χ3v) is 4.17. The Bertz CT molecular complexity index is 423. The van der Waals surface area contributed by atoms with E-state index in [0.29, 0.717) is 6.04 Å². The summed E-state index contributed by atoms with van der Waals surface area (Å²) >= 11 is 0. The number of likely N-dealkylation sites (tertiary alicyclic amines) is 1. The van der Waals surface area contributed by atoms with Crippen LogP contribution in [-0.2, 0) is 12.0 Å². The Labute approximate surface area is 114 Å². The fourth-order valence-electron chi connectivity index (χ4n) is 3.08. The highest BCUT2D eigenvalue weighted by molar-refractivity contribution is 5.00. The minimum Gasteiger partial charge on any atom is -0.338 e. The lowest BCUT2D eigenvalue weighted by Gasteiger charge is -2.24. The minimum atomic E-state index is -0.0394. The number of rotatable bonds is 2. The summed E-state index contributed by atoms with van der Waals surface area (Å²) in [7, 11) is 0. The first-order valence-corrected chi connectivity index (χ1v) is 7.31. The van der Waals surface area contributed by atoms with E-state index in [1.807, 2.05) is 0 Å². The standard InChI is InChI=1S/C14H24N4O/c1-14(2,3)13-16-12(19-17-13)9-18-7-10-5-4-6-15-11(10)8-18/h10-11,15H,4-9H2,1-3H3/t10-,11+/m0/s1. The van der Waals surface area contributed by atoms with Gasteiger partial charge in [0, 0.05) is 24.5 Å². The lowest BCUT2D eigenvalue weighted by molar-refractivity contribution is 0.257. The van der Waals surface area contributed by atoms with Crippen molar-refractivity contribution in [3.05, 3.63) is 11.7 Å². The summed E-state index contributed by atoms with van der Waals surface area (Å²) in [4.78, 5) is 6.96. The van der Waals surface area contributed by atoms with Crippen LogP contribution in [0.5, 0.6) is 0 Å². The molecule has 2 atom stereocenters. The summed E-state index contributed by atoms with van der Waals surface area (Å²) in [6.07, 6.45) is 2.66. The van der Waals surface area contributed by atoms with Crippen molar-refractivity contribution < 1.29 is 4.52 Å². The maximum absolute atomic E-state index is 5.38. The fraction of sp³-hybridized carbons (Fsp3) is 0.857. The molecule has 3 rings (SSSR count). The zero-order valence-corrected chi connectivity index (χ0v) is 12.1. The van der Waals surface area contributed by atoms with E-state index in [1.54, 1.807) is 0 Å². The van der Waals surface area contributed by atoms with Crippen LogP contribution in [0.1, 0.15) is 45.3 Å². The molecule has 0 amide bonds. The number of hydrogen-bond acceptors (Lipinski definition) is 5. The van der Waals surface area contributed by atoms with Crippen molar-refractivity contribution in [3.63, 3.8) is 0 Å². The van der Waals surface area contributed by atoms with E-state index in [9.17, 15) is 0 Å². The predicted molar refractivity (Wildman–Crippen MR) is 72.8 cm³/mol. The Morgan fingerprint density at radius 2 is 2.21 bits per heavy atom. The zero-order valence-electron chi connectivity index (χ0n) is 12.1. The van der Waals surface area contributed by atoms with E-state index in [1.165, 1.54) is 19.4 Å². The SMILES string of the molecule is CC(C)(C)c1noc(CN2C[C@@H]3CCCN[C@@H]3C2)n1. The molecule has 0 radical (unpaired) electrons. The molecule has 5 heteroatoms. The van der Waals surface area contributed by atoms with Crippen molar-refractivity contribution in [2.24, 2.45) is 5.92 Å². The zero-order chi connectivity index (χ0) is 13.5. The summed E-state index contributed by atoms with van der Waals surface area (Å²) < 4.78 is 5.38. The fourth-order valence-corrected chi connectivity index (χ4v) is 3.08. The van der Waals surface area contributed by atoms with Gasteiger partial charge in [-0.1, -0.05) is 25.9 Å². The van der Waals surface area contributed by atoms with Crippen LogP contribution < -0.4 is 5.32 Å². The summed E-state index contributed by atoms with van der Waals surface area (Å²) in [6.45, 7) is 10.5. The molecule has 19 heavy (non-hydrogen) atoms. The Hall–Kier alpha value is -0.940. The van der Waals surface area contributed by atoms with E-state index in [2.05, 4.69) is 41.1 Å². The highest BCUT2D eigenvalue weighted by Gasteiger charge is 2.34. The lowest BCUT2D eigenvalue weighted by Crippen LogP contribution is -2.40. The maximum atomic E-state index is 5.38. The summed E-state index contributed by atoms with van der Waals surface area (Å²) in [5.41, 5.74) is -0.0394. The highest BCUT2D eigenvalue weighted by Crippen LogP contribution is 2.26. The molecule has 0 aromatic carbocycles. The Kier molecular flexibility index (Phi) is 3.35. The maximum Gasteiger partial charge on any atom is 0.240 e. The van der Waals surface area contributed by atoms with Crippen molar-refractivity contribution in [1.29, 1.82) is 0 Å². The van der Waals surface area contributed by atoms with Crippen LogP contribution in [0.3, 0.4) is 0 Å². The van der Waals surface area contributed by atoms with Gasteiger partial charge in [0.25, 0.3) is 0 Å². The van der Waals surface area contributed by atoms with Gasteiger partial charge in [-0.3, -0.25) is 4.90 Å². The van der Waals surface area contributed by atoms with Gasteiger partial charge in [-0.25, -0.2) is 0 Å². The molecule has 3 heterocycles. The summed E-state index contributed by atoms with van der Waals surface area (Å²) in [6, 6.07) is 0.666. The van der Waals surface area contributed by atoms with Gasteiger partial charge in [-0.2, -0.15) is 4.98 Å². The average molecular weight is 264 g/mol. The molecule has 2 aliphatic heterocycles. The highest BCUT2D eigenvalue weighted by atomic mass is 16.5. The van der Waals surface area contributed by atoms with Crippen molar-refractivity contribution in [2.75, 3.05) is 19.6 Å². The smallest absolute Gasteiger partial charge is 0.240 e. The van der Waals surface area contributed by atoms with Crippen molar-refractivity contribution in [2.45, 2.75) is 51.6 Å². The van der Waals surface area contributed by atoms with Gasteiger partial charge >= 0.3 is 0 Å².